The molecule has 0 aliphatic carbocycles. The summed E-state index contributed by atoms with van der Waals surface area (Å²) in [4.78, 5) is 2.94. The minimum absolute atomic E-state index is 0.230. The van der Waals surface area contributed by atoms with Crippen LogP contribution in [0.25, 0.3) is 21.7 Å². The van der Waals surface area contributed by atoms with Gasteiger partial charge in [-0.1, -0.05) is 56.2 Å². The minimum Gasteiger partial charge on any atom is -0.197 e. The second-order valence-corrected chi connectivity index (χ2v) is 5.40. The molecule has 2 rings (SSSR count). The quantitative estimate of drug-likeness (QED) is 0.513. The smallest absolute Gasteiger partial charge is 0.116 e. The molecule has 6 heteroatoms. The Hall–Kier alpha value is -2.33. The van der Waals surface area contributed by atoms with E-state index in [1.165, 1.54) is 0 Å². The van der Waals surface area contributed by atoms with E-state index in [9.17, 15) is 0 Å². The Kier molecular flexibility index (Phi) is 3.53. The Morgan fingerprint density at radius 2 is 1.89 bits per heavy atom. The molecule has 1 aromatic heterocycles. The molecule has 2 aromatic rings. The molecule has 0 fully saturated rings. The van der Waals surface area contributed by atoms with Gasteiger partial charge in [0, 0.05) is 10.5 Å². The van der Waals surface area contributed by atoms with Gasteiger partial charge in [0.05, 0.1) is 11.7 Å². The van der Waals surface area contributed by atoms with Gasteiger partial charge in [0.2, 0.25) is 0 Å². The Balaban J connectivity index is 2.52. The molecule has 1 aromatic carbocycles. The molecule has 0 saturated carbocycles. The summed E-state index contributed by atoms with van der Waals surface area (Å²) in [7, 11) is 0. The molecule has 98 valence electrons. The molecule has 1 atom stereocenters. The highest BCUT2D eigenvalue weighted by molar-refractivity contribution is 5.61. The van der Waals surface area contributed by atoms with E-state index in [4.69, 9.17) is 5.53 Å². The number of nitrogens with one attached hydrogen (secondary N) is 1. The Morgan fingerprint density at radius 3 is 2.47 bits per heavy atom. The molecule has 1 heterocycles. The third kappa shape index (κ3) is 2.74. The number of nitrogens with zero attached hydrogens (tertiary/aromatic N) is 5. The van der Waals surface area contributed by atoms with E-state index in [-0.39, 0.29) is 11.5 Å². The molecule has 0 aliphatic heterocycles. The average molecular weight is 256 g/mol. The zero-order valence-corrected chi connectivity index (χ0v) is 11.2. The summed E-state index contributed by atoms with van der Waals surface area (Å²) in [5.74, 6) is 0. The maximum absolute atomic E-state index is 8.76. The van der Waals surface area contributed by atoms with Crippen molar-refractivity contribution in [1.82, 2.24) is 15.4 Å². The first kappa shape index (κ1) is 13.1. The van der Waals surface area contributed by atoms with Crippen molar-refractivity contribution in [2.45, 2.75) is 26.8 Å². The van der Waals surface area contributed by atoms with Crippen molar-refractivity contribution in [3.8, 4) is 11.3 Å². The second kappa shape index (κ2) is 5.12. The van der Waals surface area contributed by atoms with Crippen LogP contribution in [0.5, 0.6) is 0 Å². The molecular weight excluding hydrogens is 240 g/mol. The highest BCUT2D eigenvalue weighted by Crippen LogP contribution is 2.38. The van der Waals surface area contributed by atoms with E-state index in [2.05, 4.69) is 25.4 Å². The molecule has 0 radical (unpaired) electrons. The summed E-state index contributed by atoms with van der Waals surface area (Å²) in [6.45, 7) is 6.03. The maximum Gasteiger partial charge on any atom is 0.116 e. The summed E-state index contributed by atoms with van der Waals surface area (Å²) in [5, 5.41) is 14.9. The zero-order valence-electron chi connectivity index (χ0n) is 11.2. The van der Waals surface area contributed by atoms with E-state index >= 15 is 0 Å². The van der Waals surface area contributed by atoms with Gasteiger partial charge in [-0.2, -0.15) is 15.4 Å². The molecule has 0 saturated heterocycles. The number of hydrogen-bond acceptors (Lipinski definition) is 3. The lowest BCUT2D eigenvalue weighted by molar-refractivity contribution is 0.321. The van der Waals surface area contributed by atoms with Gasteiger partial charge in [0.25, 0.3) is 0 Å². The van der Waals surface area contributed by atoms with Crippen LogP contribution in [0.2, 0.25) is 0 Å². The fourth-order valence-electron chi connectivity index (χ4n) is 1.93. The van der Waals surface area contributed by atoms with Gasteiger partial charge in [-0.25, -0.2) is 0 Å². The average Bonchev–Trinajstić information content (AvgIpc) is 2.84. The van der Waals surface area contributed by atoms with Crippen LogP contribution in [0.15, 0.2) is 35.4 Å². The first-order valence-electron chi connectivity index (χ1n) is 6.04. The maximum atomic E-state index is 8.76. The van der Waals surface area contributed by atoms with E-state index in [0.717, 1.165) is 11.3 Å². The topological polar surface area (TPSA) is 90.3 Å². The third-order valence-corrected chi connectivity index (χ3v) is 2.87. The molecule has 1 unspecified atom stereocenters. The number of benzene rings is 1. The number of hydrogen-bond donors (Lipinski definition) is 1. The van der Waals surface area contributed by atoms with Crippen molar-refractivity contribution in [2.24, 2.45) is 10.5 Å². The van der Waals surface area contributed by atoms with Crippen molar-refractivity contribution in [3.63, 3.8) is 0 Å². The first-order chi connectivity index (χ1) is 9.04. The lowest BCUT2D eigenvalue weighted by Gasteiger charge is -2.25. The van der Waals surface area contributed by atoms with Crippen molar-refractivity contribution >= 4 is 0 Å². The van der Waals surface area contributed by atoms with Gasteiger partial charge in [-0.15, -0.1) is 0 Å². The fraction of sp³-hybridized carbons (Fsp3) is 0.385. The number of aromatic amines is 1. The van der Waals surface area contributed by atoms with Gasteiger partial charge in [0.15, 0.2) is 0 Å². The van der Waals surface area contributed by atoms with Crippen molar-refractivity contribution < 1.29 is 0 Å². The van der Waals surface area contributed by atoms with E-state index < -0.39 is 0 Å². The van der Waals surface area contributed by atoms with Crippen LogP contribution in [-0.2, 0) is 0 Å². The molecule has 0 amide bonds. The van der Waals surface area contributed by atoms with Crippen LogP contribution in [-0.4, -0.2) is 15.4 Å². The largest absolute Gasteiger partial charge is 0.197 e. The Bertz CT molecular complexity index is 589. The fourth-order valence-corrected chi connectivity index (χ4v) is 1.93. The molecule has 0 spiro atoms. The van der Waals surface area contributed by atoms with Gasteiger partial charge < -0.3 is 0 Å². The Labute approximate surface area is 111 Å². The lowest BCUT2D eigenvalue weighted by atomic mass is 9.84. The van der Waals surface area contributed by atoms with Gasteiger partial charge >= 0.3 is 0 Å². The van der Waals surface area contributed by atoms with Crippen LogP contribution in [0.4, 0.5) is 0 Å². The summed E-state index contributed by atoms with van der Waals surface area (Å²) in [6.07, 6.45) is 0. The van der Waals surface area contributed by atoms with Gasteiger partial charge in [-0.05, 0) is 10.9 Å². The summed E-state index contributed by atoms with van der Waals surface area (Å²) in [6, 6.07) is 9.36. The van der Waals surface area contributed by atoms with Crippen molar-refractivity contribution in [1.29, 1.82) is 0 Å². The van der Waals surface area contributed by atoms with Crippen molar-refractivity contribution in [3.05, 3.63) is 46.5 Å². The molecular formula is C13H16N6. The first-order valence-corrected chi connectivity index (χ1v) is 6.04. The van der Waals surface area contributed by atoms with Crippen molar-refractivity contribution in [2.75, 3.05) is 0 Å². The molecule has 0 bridgehead atoms. The number of aromatic nitrogens is 3. The van der Waals surface area contributed by atoms with Crippen LogP contribution in [0.3, 0.4) is 0 Å². The summed E-state index contributed by atoms with van der Waals surface area (Å²) >= 11 is 0. The minimum atomic E-state index is -0.369. The second-order valence-electron chi connectivity index (χ2n) is 5.40. The monoisotopic (exact) mass is 256 g/mol. The standard InChI is InChI=1S/C13H16N6/c1-13(2,3)12(17-18-14)11-10(15-19-16-11)9-7-5-4-6-8-9/h4-8,12H,1-3H3,(H,15,16,19). The molecule has 19 heavy (non-hydrogen) atoms. The van der Waals surface area contributed by atoms with E-state index in [1.807, 2.05) is 51.1 Å². The van der Waals surface area contributed by atoms with Crippen LogP contribution >= 0.6 is 0 Å². The highest BCUT2D eigenvalue weighted by atomic mass is 15.3. The number of H-pyrrole nitrogens is 1. The van der Waals surface area contributed by atoms with Crippen LogP contribution < -0.4 is 0 Å². The number of azide groups is 1. The summed E-state index contributed by atoms with van der Waals surface area (Å²) < 4.78 is 0. The normalized spacial score (nSPS) is 12.8. The third-order valence-electron chi connectivity index (χ3n) is 2.87. The van der Waals surface area contributed by atoms with Gasteiger partial charge in [-0.3, -0.25) is 0 Å². The number of rotatable bonds is 3. The van der Waals surface area contributed by atoms with Crippen LogP contribution in [0, 0.1) is 5.41 Å². The lowest BCUT2D eigenvalue weighted by Crippen LogP contribution is -2.17. The van der Waals surface area contributed by atoms with Crippen LogP contribution in [0.1, 0.15) is 32.5 Å². The zero-order chi connectivity index (χ0) is 13.9. The van der Waals surface area contributed by atoms with E-state index in [1.54, 1.807) is 0 Å². The molecule has 0 aliphatic rings. The van der Waals surface area contributed by atoms with E-state index in [0.29, 0.717) is 5.69 Å². The highest BCUT2D eigenvalue weighted by Gasteiger charge is 2.30. The Morgan fingerprint density at radius 1 is 1.21 bits per heavy atom. The summed E-state index contributed by atoms with van der Waals surface area (Å²) in [5.41, 5.74) is 10.9. The predicted molar refractivity (Wildman–Crippen MR) is 73.2 cm³/mol. The SMILES string of the molecule is CC(C)(C)C(N=[N+]=[N-])c1n[nH]nc1-c1ccccc1. The predicted octanol–water partition coefficient (Wildman–Crippen LogP) is 3.87. The van der Waals surface area contributed by atoms with Gasteiger partial charge in [0.1, 0.15) is 5.69 Å². The molecule has 1 N–H and O–H groups in total. The molecule has 6 nitrogen and oxygen atoms in total.